The van der Waals surface area contributed by atoms with Gasteiger partial charge in [-0.05, 0) is 47.5 Å². The number of halogens is 6. The van der Waals surface area contributed by atoms with Crippen molar-refractivity contribution in [3.05, 3.63) is 94.3 Å². The van der Waals surface area contributed by atoms with Gasteiger partial charge in [-0.2, -0.15) is 33.4 Å². The van der Waals surface area contributed by atoms with E-state index in [-0.39, 0.29) is 18.2 Å². The van der Waals surface area contributed by atoms with Crippen LogP contribution in [0.3, 0.4) is 0 Å². The van der Waals surface area contributed by atoms with Crippen molar-refractivity contribution >= 4 is 5.97 Å². The summed E-state index contributed by atoms with van der Waals surface area (Å²) in [5, 5.41) is 12.6. The Bertz CT molecular complexity index is 1090. The highest BCUT2D eigenvalue weighted by atomic mass is 19.4. The Labute approximate surface area is 191 Å². The molecule has 0 amide bonds. The summed E-state index contributed by atoms with van der Waals surface area (Å²) in [7, 11) is 2.90. The quantitative estimate of drug-likeness (QED) is 0.387. The van der Waals surface area contributed by atoms with E-state index < -0.39 is 29.4 Å². The minimum Gasteiger partial charge on any atom is -0.661 e. The van der Waals surface area contributed by atoms with Gasteiger partial charge in [0, 0.05) is 0 Å². The number of methoxy groups -OCH3 is 1. The third-order valence-electron chi connectivity index (χ3n) is 4.53. The first-order valence-corrected chi connectivity index (χ1v) is 9.67. The Kier molecular flexibility index (Phi) is 8.69. The van der Waals surface area contributed by atoms with Crippen molar-refractivity contribution in [1.29, 1.82) is 0 Å². The van der Waals surface area contributed by atoms with E-state index in [9.17, 15) is 31.1 Å². The fourth-order valence-electron chi connectivity index (χ4n) is 3.01. The van der Waals surface area contributed by atoms with Gasteiger partial charge < -0.3 is 15.2 Å². The predicted molar refractivity (Wildman–Crippen MR) is 115 cm³/mol. The zero-order valence-electron chi connectivity index (χ0n) is 18.0. The van der Waals surface area contributed by atoms with Crippen LogP contribution in [-0.4, -0.2) is 25.2 Å². The summed E-state index contributed by atoms with van der Waals surface area (Å²) in [6, 6.07) is 15.7. The molecule has 3 aromatic carbocycles. The van der Waals surface area contributed by atoms with Gasteiger partial charge in [0.15, 0.2) is 0 Å². The summed E-state index contributed by atoms with van der Waals surface area (Å²) in [6.07, 6.45) is -9.60. The van der Waals surface area contributed by atoms with E-state index in [2.05, 4.69) is 5.32 Å². The molecule has 3 aromatic rings. The minimum absolute atomic E-state index is 0.0964. The molecule has 0 saturated carbocycles. The Balaban J connectivity index is 0.000000240. The van der Waals surface area contributed by atoms with Crippen LogP contribution in [-0.2, 0) is 18.9 Å². The number of hydrogen-bond acceptors (Lipinski definition) is 2. The predicted octanol–water partition coefficient (Wildman–Crippen LogP) is 7.29. The number of rotatable bonds is 5. The van der Waals surface area contributed by atoms with Crippen LogP contribution < -0.4 is 4.74 Å². The fraction of sp³-hybridized carbons (Fsp3) is 0.208. The highest BCUT2D eigenvalue weighted by Gasteiger charge is 2.36. The lowest BCUT2D eigenvalue weighted by atomic mass is 10.00. The summed E-state index contributed by atoms with van der Waals surface area (Å²) in [5.74, 6) is -0.217. The SMILES string of the molecule is COc1cccc(-c2ccccc2C(=O)O)c1.C[N-]Cc1cc(C(F)(F)F)cc(C(F)(F)F)c1. The summed E-state index contributed by atoms with van der Waals surface area (Å²) in [5.41, 5.74) is -0.923. The molecule has 3 rings (SSSR count). The van der Waals surface area contributed by atoms with Crippen LogP contribution in [0.2, 0.25) is 0 Å². The molecule has 0 aliphatic heterocycles. The highest BCUT2D eigenvalue weighted by molar-refractivity contribution is 5.96. The van der Waals surface area contributed by atoms with Gasteiger partial charge in [0.2, 0.25) is 0 Å². The van der Waals surface area contributed by atoms with Crippen LogP contribution in [0.15, 0.2) is 66.7 Å². The normalized spacial score (nSPS) is 11.4. The maximum atomic E-state index is 12.4. The molecule has 182 valence electrons. The van der Waals surface area contributed by atoms with Crippen molar-refractivity contribution in [3.63, 3.8) is 0 Å². The molecule has 0 aliphatic rings. The topological polar surface area (TPSA) is 60.6 Å². The lowest BCUT2D eigenvalue weighted by molar-refractivity contribution is -0.143. The Morgan fingerprint density at radius 3 is 1.97 bits per heavy atom. The van der Waals surface area contributed by atoms with E-state index in [0.29, 0.717) is 29.0 Å². The second kappa shape index (κ2) is 11.1. The molecule has 4 nitrogen and oxygen atoms in total. The lowest BCUT2D eigenvalue weighted by Crippen LogP contribution is -2.11. The summed E-state index contributed by atoms with van der Waals surface area (Å²) < 4.78 is 79.4. The van der Waals surface area contributed by atoms with Crippen LogP contribution in [0.1, 0.15) is 27.0 Å². The van der Waals surface area contributed by atoms with Crippen molar-refractivity contribution in [3.8, 4) is 16.9 Å². The molecule has 0 aromatic heterocycles. The van der Waals surface area contributed by atoms with Gasteiger partial charge in [0.05, 0.1) is 23.8 Å². The molecule has 0 unspecified atom stereocenters. The van der Waals surface area contributed by atoms with Crippen molar-refractivity contribution in [2.24, 2.45) is 0 Å². The second-order valence-electron chi connectivity index (χ2n) is 6.97. The molecular weight excluding hydrogens is 464 g/mol. The standard InChI is InChI=1S/C14H12O3.C10H8F6N/c1-17-11-6-4-5-10(9-11)12-7-2-3-8-13(12)14(15)16;1-17-5-6-2-7(9(11,12)13)4-8(3-6)10(14,15)16/h2-9H,1H3,(H,15,16);2-4H,5H2,1H3/q;-1. The molecule has 0 atom stereocenters. The maximum absolute atomic E-state index is 12.4. The fourth-order valence-corrected chi connectivity index (χ4v) is 3.01. The lowest BCUT2D eigenvalue weighted by Gasteiger charge is -2.17. The van der Waals surface area contributed by atoms with Gasteiger partial charge >= 0.3 is 18.3 Å². The van der Waals surface area contributed by atoms with Crippen molar-refractivity contribution < 1.29 is 41.0 Å². The molecule has 10 heteroatoms. The average Bonchev–Trinajstić information content (AvgIpc) is 2.78. The number of nitrogens with zero attached hydrogens (tertiary/aromatic N) is 1. The van der Waals surface area contributed by atoms with Crippen molar-refractivity contribution in [2.45, 2.75) is 18.9 Å². The van der Waals surface area contributed by atoms with E-state index in [1.165, 1.54) is 7.05 Å². The van der Waals surface area contributed by atoms with Gasteiger partial charge in [-0.15, -0.1) is 6.54 Å². The smallest absolute Gasteiger partial charge is 0.416 e. The average molecular weight is 484 g/mol. The largest absolute Gasteiger partial charge is 0.661 e. The van der Waals surface area contributed by atoms with Crippen molar-refractivity contribution in [2.75, 3.05) is 14.2 Å². The molecule has 0 aliphatic carbocycles. The second-order valence-corrected chi connectivity index (χ2v) is 6.97. The first kappa shape index (κ1) is 26.7. The van der Waals surface area contributed by atoms with E-state index in [4.69, 9.17) is 9.84 Å². The van der Waals surface area contributed by atoms with E-state index in [1.54, 1.807) is 25.3 Å². The van der Waals surface area contributed by atoms with E-state index >= 15 is 0 Å². The molecule has 0 fully saturated rings. The molecule has 0 heterocycles. The van der Waals surface area contributed by atoms with Gasteiger partial charge in [-0.25, -0.2) is 4.79 Å². The number of benzene rings is 3. The summed E-state index contributed by atoms with van der Waals surface area (Å²) in [6.45, 7) is -0.188. The van der Waals surface area contributed by atoms with E-state index in [1.807, 2.05) is 30.3 Å². The highest BCUT2D eigenvalue weighted by Crippen LogP contribution is 2.36. The van der Waals surface area contributed by atoms with Gasteiger partial charge in [0.25, 0.3) is 0 Å². The van der Waals surface area contributed by atoms with E-state index in [0.717, 1.165) is 5.56 Å². The molecule has 1 N–H and O–H groups in total. The number of aromatic carboxylic acids is 1. The Hall–Kier alpha value is -3.53. The number of alkyl halides is 6. The molecule has 0 bridgehead atoms. The number of hydrogen-bond donors (Lipinski definition) is 1. The zero-order valence-corrected chi connectivity index (χ0v) is 18.0. The molecule has 34 heavy (non-hydrogen) atoms. The molecule has 0 spiro atoms. The van der Waals surface area contributed by atoms with Crippen LogP contribution in [0, 0.1) is 0 Å². The minimum atomic E-state index is -4.80. The summed E-state index contributed by atoms with van der Waals surface area (Å²) >= 11 is 0. The Morgan fingerprint density at radius 2 is 1.47 bits per heavy atom. The summed E-state index contributed by atoms with van der Waals surface area (Å²) in [4.78, 5) is 11.1. The Morgan fingerprint density at radius 1 is 0.882 bits per heavy atom. The van der Waals surface area contributed by atoms with Gasteiger partial charge in [-0.3, -0.25) is 0 Å². The van der Waals surface area contributed by atoms with Crippen molar-refractivity contribution in [1.82, 2.24) is 0 Å². The van der Waals surface area contributed by atoms with Crippen LogP contribution >= 0.6 is 0 Å². The van der Waals surface area contributed by atoms with Gasteiger partial charge in [0.1, 0.15) is 5.75 Å². The molecule has 0 radical (unpaired) electrons. The zero-order chi connectivity index (χ0) is 25.5. The first-order chi connectivity index (χ1) is 15.9. The molecular formula is C24H20F6NO3-. The number of carboxylic acid groups (broad SMARTS) is 1. The number of carboxylic acids is 1. The third kappa shape index (κ3) is 7.24. The maximum Gasteiger partial charge on any atom is 0.416 e. The number of carbonyl (C=O) groups is 1. The number of ether oxygens (including phenoxy) is 1. The monoisotopic (exact) mass is 484 g/mol. The van der Waals surface area contributed by atoms with Crippen LogP contribution in [0.25, 0.3) is 16.4 Å². The van der Waals surface area contributed by atoms with Crippen LogP contribution in [0.4, 0.5) is 26.3 Å². The first-order valence-electron chi connectivity index (χ1n) is 9.67. The van der Waals surface area contributed by atoms with Gasteiger partial charge in [-0.1, -0.05) is 35.9 Å². The molecule has 0 saturated heterocycles. The third-order valence-corrected chi connectivity index (χ3v) is 4.53. The van der Waals surface area contributed by atoms with Crippen LogP contribution in [0.5, 0.6) is 5.75 Å².